The van der Waals surface area contributed by atoms with Crippen molar-refractivity contribution in [1.29, 1.82) is 0 Å². The van der Waals surface area contributed by atoms with Gasteiger partial charge < -0.3 is 4.74 Å². The van der Waals surface area contributed by atoms with Crippen molar-refractivity contribution in [1.82, 2.24) is 0 Å². The Kier molecular flexibility index (Phi) is 7.80. The number of carbonyl (C=O) groups is 1. The molecule has 0 heterocycles. The minimum atomic E-state index is 0.327. The molecule has 0 aliphatic heterocycles. The third kappa shape index (κ3) is 6.24. The second kappa shape index (κ2) is 9.13. The molecule has 0 aliphatic carbocycles. The molecule has 0 amide bonds. The van der Waals surface area contributed by atoms with Gasteiger partial charge in [0.05, 0.1) is 11.6 Å². The third-order valence-corrected chi connectivity index (χ3v) is 3.80. The molecular formula is C16H23BrO2. The van der Waals surface area contributed by atoms with Crippen LogP contribution >= 0.6 is 15.9 Å². The molecule has 0 fully saturated rings. The van der Waals surface area contributed by atoms with Gasteiger partial charge in [-0.15, -0.1) is 0 Å². The van der Waals surface area contributed by atoms with Crippen molar-refractivity contribution in [2.24, 2.45) is 0 Å². The number of hydrogen-bond donors (Lipinski definition) is 0. The molecule has 0 bridgehead atoms. The summed E-state index contributed by atoms with van der Waals surface area (Å²) in [7, 11) is 1.64. The SMILES string of the molecule is CCCCCCCC(=O)Cc1ccc(OC)c(Br)c1. The molecule has 0 saturated carbocycles. The highest BCUT2D eigenvalue weighted by atomic mass is 79.9. The average molecular weight is 327 g/mol. The summed E-state index contributed by atoms with van der Waals surface area (Å²) in [6.07, 6.45) is 7.19. The van der Waals surface area contributed by atoms with E-state index in [0.717, 1.165) is 22.2 Å². The van der Waals surface area contributed by atoms with E-state index >= 15 is 0 Å². The second-order valence-corrected chi connectivity index (χ2v) is 5.70. The number of ketones is 1. The molecule has 1 rings (SSSR count). The second-order valence-electron chi connectivity index (χ2n) is 4.85. The van der Waals surface area contributed by atoms with Crippen molar-refractivity contribution < 1.29 is 9.53 Å². The van der Waals surface area contributed by atoms with Crippen LogP contribution in [0.2, 0.25) is 0 Å². The molecule has 1 aromatic rings. The van der Waals surface area contributed by atoms with E-state index in [4.69, 9.17) is 4.74 Å². The van der Waals surface area contributed by atoms with Gasteiger partial charge in [-0.25, -0.2) is 0 Å². The Labute approximate surface area is 124 Å². The Morgan fingerprint density at radius 2 is 1.95 bits per heavy atom. The standard InChI is InChI=1S/C16H23BrO2/c1-3-4-5-6-7-8-14(18)11-13-9-10-16(19-2)15(17)12-13/h9-10,12H,3-8,11H2,1-2H3. The van der Waals surface area contributed by atoms with Gasteiger partial charge in [-0.3, -0.25) is 4.79 Å². The fourth-order valence-corrected chi connectivity index (χ4v) is 2.65. The lowest BCUT2D eigenvalue weighted by atomic mass is 10.0. The maximum Gasteiger partial charge on any atom is 0.137 e. The van der Waals surface area contributed by atoms with E-state index in [2.05, 4.69) is 22.9 Å². The molecule has 0 unspecified atom stereocenters. The number of ether oxygens (including phenoxy) is 1. The van der Waals surface area contributed by atoms with Crippen LogP contribution in [0.4, 0.5) is 0 Å². The summed E-state index contributed by atoms with van der Waals surface area (Å²) < 4.78 is 6.08. The van der Waals surface area contributed by atoms with Crippen molar-refractivity contribution in [3.8, 4) is 5.75 Å². The molecule has 0 saturated heterocycles. The predicted molar refractivity (Wildman–Crippen MR) is 82.8 cm³/mol. The number of unbranched alkanes of at least 4 members (excludes halogenated alkanes) is 4. The topological polar surface area (TPSA) is 26.3 Å². The van der Waals surface area contributed by atoms with Gasteiger partial charge in [-0.05, 0) is 40.0 Å². The highest BCUT2D eigenvalue weighted by molar-refractivity contribution is 9.10. The number of carbonyl (C=O) groups excluding carboxylic acids is 1. The first-order chi connectivity index (χ1) is 9.17. The molecule has 0 N–H and O–H groups in total. The highest BCUT2D eigenvalue weighted by Crippen LogP contribution is 2.25. The Balaban J connectivity index is 2.34. The first kappa shape index (κ1) is 16.2. The highest BCUT2D eigenvalue weighted by Gasteiger charge is 2.06. The lowest BCUT2D eigenvalue weighted by Crippen LogP contribution is -2.02. The maximum atomic E-state index is 11.9. The Morgan fingerprint density at radius 1 is 1.21 bits per heavy atom. The van der Waals surface area contributed by atoms with E-state index < -0.39 is 0 Å². The molecule has 3 heteroatoms. The summed E-state index contributed by atoms with van der Waals surface area (Å²) in [4.78, 5) is 11.9. The van der Waals surface area contributed by atoms with Gasteiger partial charge in [0.15, 0.2) is 0 Å². The van der Waals surface area contributed by atoms with Crippen LogP contribution in [-0.2, 0) is 11.2 Å². The van der Waals surface area contributed by atoms with Crippen molar-refractivity contribution in [2.45, 2.75) is 51.9 Å². The molecule has 0 radical (unpaired) electrons. The van der Waals surface area contributed by atoms with Crippen LogP contribution in [0.5, 0.6) is 5.75 Å². The first-order valence-electron chi connectivity index (χ1n) is 7.01. The van der Waals surface area contributed by atoms with Crippen molar-refractivity contribution in [3.63, 3.8) is 0 Å². The van der Waals surface area contributed by atoms with Crippen molar-refractivity contribution in [3.05, 3.63) is 28.2 Å². The fourth-order valence-electron chi connectivity index (χ4n) is 2.06. The molecule has 0 aliphatic rings. The average Bonchev–Trinajstić information content (AvgIpc) is 2.39. The fraction of sp³-hybridized carbons (Fsp3) is 0.562. The van der Waals surface area contributed by atoms with Crippen LogP contribution in [0.15, 0.2) is 22.7 Å². The van der Waals surface area contributed by atoms with Crippen molar-refractivity contribution >= 4 is 21.7 Å². The van der Waals surface area contributed by atoms with E-state index in [0.29, 0.717) is 18.6 Å². The van der Waals surface area contributed by atoms with Crippen molar-refractivity contribution in [2.75, 3.05) is 7.11 Å². The number of hydrogen-bond acceptors (Lipinski definition) is 2. The molecule has 106 valence electrons. The van der Waals surface area contributed by atoms with Gasteiger partial charge in [0.2, 0.25) is 0 Å². The zero-order valence-electron chi connectivity index (χ0n) is 11.9. The van der Waals surface area contributed by atoms with E-state index in [1.807, 2.05) is 18.2 Å². The van der Waals surface area contributed by atoms with Gasteiger partial charge in [-0.2, -0.15) is 0 Å². The van der Waals surface area contributed by atoms with Crippen LogP contribution in [0.25, 0.3) is 0 Å². The van der Waals surface area contributed by atoms with Crippen LogP contribution < -0.4 is 4.74 Å². The molecule has 0 spiro atoms. The molecular weight excluding hydrogens is 304 g/mol. The van der Waals surface area contributed by atoms with E-state index in [1.54, 1.807) is 7.11 Å². The van der Waals surface area contributed by atoms with E-state index in [-0.39, 0.29) is 0 Å². The largest absolute Gasteiger partial charge is 0.496 e. The minimum Gasteiger partial charge on any atom is -0.496 e. The monoisotopic (exact) mass is 326 g/mol. The van der Waals surface area contributed by atoms with Gasteiger partial charge in [0.25, 0.3) is 0 Å². The predicted octanol–water partition coefficient (Wildman–Crippen LogP) is 4.93. The number of Topliss-reactive ketones (excluding diaryl/α,β-unsaturated/α-hetero) is 1. The number of rotatable bonds is 9. The summed E-state index contributed by atoms with van der Waals surface area (Å²) in [6.45, 7) is 2.20. The van der Waals surface area contributed by atoms with Crippen LogP contribution in [0.1, 0.15) is 51.0 Å². The molecule has 1 aromatic carbocycles. The van der Waals surface area contributed by atoms with E-state index in [1.165, 1.54) is 25.7 Å². The number of halogens is 1. The van der Waals surface area contributed by atoms with Crippen LogP contribution in [0, 0.1) is 0 Å². The van der Waals surface area contributed by atoms with Gasteiger partial charge in [-0.1, -0.05) is 38.7 Å². The Bertz CT molecular complexity index is 402. The quantitative estimate of drug-likeness (QED) is 0.601. The van der Waals surface area contributed by atoms with Gasteiger partial charge in [0.1, 0.15) is 11.5 Å². The lowest BCUT2D eigenvalue weighted by molar-refractivity contribution is -0.118. The molecule has 0 atom stereocenters. The molecule has 0 aromatic heterocycles. The summed E-state index contributed by atoms with van der Waals surface area (Å²) in [5.41, 5.74) is 1.05. The summed E-state index contributed by atoms with van der Waals surface area (Å²) >= 11 is 3.44. The molecule has 19 heavy (non-hydrogen) atoms. The van der Waals surface area contributed by atoms with Crippen LogP contribution in [0.3, 0.4) is 0 Å². The Morgan fingerprint density at radius 3 is 2.58 bits per heavy atom. The molecule has 2 nitrogen and oxygen atoms in total. The zero-order chi connectivity index (χ0) is 14.1. The summed E-state index contributed by atoms with van der Waals surface area (Å²) in [5.74, 6) is 1.13. The summed E-state index contributed by atoms with van der Waals surface area (Å²) in [6, 6.07) is 5.82. The normalized spacial score (nSPS) is 10.5. The zero-order valence-corrected chi connectivity index (χ0v) is 13.5. The minimum absolute atomic E-state index is 0.327. The maximum absolute atomic E-state index is 11.9. The third-order valence-electron chi connectivity index (χ3n) is 3.18. The lowest BCUT2D eigenvalue weighted by Gasteiger charge is -2.06. The number of methoxy groups -OCH3 is 1. The summed E-state index contributed by atoms with van der Waals surface area (Å²) in [5, 5.41) is 0. The van der Waals surface area contributed by atoms with Gasteiger partial charge in [0, 0.05) is 12.8 Å². The van der Waals surface area contributed by atoms with E-state index in [9.17, 15) is 4.79 Å². The Hall–Kier alpha value is -0.830. The number of benzene rings is 1. The first-order valence-corrected chi connectivity index (χ1v) is 7.80. The smallest absolute Gasteiger partial charge is 0.137 e. The van der Waals surface area contributed by atoms with Crippen LogP contribution in [-0.4, -0.2) is 12.9 Å². The van der Waals surface area contributed by atoms with Gasteiger partial charge >= 0.3 is 0 Å².